The number of hydrogen-bond donors (Lipinski definition) is 2. The van der Waals surface area contributed by atoms with E-state index >= 15 is 0 Å². The Morgan fingerprint density at radius 1 is 1.71 bits per heavy atom. The van der Waals surface area contributed by atoms with Crippen molar-refractivity contribution in [3.8, 4) is 12.3 Å². The molecule has 5 nitrogen and oxygen atoms in total. The number of nitrogens with one attached hydrogen (secondary N) is 2. The van der Waals surface area contributed by atoms with Crippen LogP contribution in [0.2, 0.25) is 0 Å². The first-order chi connectivity index (χ1) is 8.13. The highest BCUT2D eigenvalue weighted by atomic mass is 16.5. The maximum absolute atomic E-state index is 11.6. The SMILES string of the molecule is C#CCNC(=O)C(C)NCC1(OC)CCOC1. The molecule has 2 N–H and O–H groups in total. The summed E-state index contributed by atoms with van der Waals surface area (Å²) in [6, 6.07) is -0.295. The molecule has 1 heterocycles. The average Bonchev–Trinajstić information content (AvgIpc) is 2.82. The molecule has 0 aromatic rings. The molecule has 2 atom stereocenters. The molecule has 0 bridgehead atoms. The first-order valence-corrected chi connectivity index (χ1v) is 5.71. The van der Waals surface area contributed by atoms with E-state index in [0.29, 0.717) is 19.8 Å². The average molecular weight is 240 g/mol. The fourth-order valence-electron chi connectivity index (χ4n) is 1.68. The van der Waals surface area contributed by atoms with Crippen LogP contribution in [0.1, 0.15) is 13.3 Å². The normalized spacial score (nSPS) is 25.2. The van der Waals surface area contributed by atoms with Crippen molar-refractivity contribution in [1.29, 1.82) is 0 Å². The molecule has 0 aromatic carbocycles. The third kappa shape index (κ3) is 4.00. The van der Waals surface area contributed by atoms with Crippen molar-refractivity contribution >= 4 is 5.91 Å². The summed E-state index contributed by atoms with van der Waals surface area (Å²) in [6.45, 7) is 3.91. The van der Waals surface area contributed by atoms with Gasteiger partial charge in [0.15, 0.2) is 0 Å². The molecule has 0 aliphatic carbocycles. The van der Waals surface area contributed by atoms with E-state index < -0.39 is 0 Å². The maximum atomic E-state index is 11.6. The number of amides is 1. The van der Waals surface area contributed by atoms with Crippen LogP contribution in [0.3, 0.4) is 0 Å². The Labute approximate surface area is 102 Å². The van der Waals surface area contributed by atoms with Crippen molar-refractivity contribution in [2.24, 2.45) is 0 Å². The Kier molecular flexibility index (Phi) is 5.42. The summed E-state index contributed by atoms with van der Waals surface area (Å²) in [6.07, 6.45) is 5.91. The number of ether oxygens (including phenoxy) is 2. The van der Waals surface area contributed by atoms with Gasteiger partial charge in [-0.25, -0.2) is 0 Å². The molecule has 1 amide bonds. The summed E-state index contributed by atoms with van der Waals surface area (Å²) in [5.74, 6) is 2.26. The van der Waals surface area contributed by atoms with E-state index in [-0.39, 0.29) is 24.1 Å². The van der Waals surface area contributed by atoms with Crippen LogP contribution in [0.4, 0.5) is 0 Å². The van der Waals surface area contributed by atoms with Gasteiger partial charge in [0, 0.05) is 26.7 Å². The van der Waals surface area contributed by atoms with Gasteiger partial charge in [-0.15, -0.1) is 6.42 Å². The van der Waals surface area contributed by atoms with Crippen LogP contribution in [-0.4, -0.2) is 51.0 Å². The van der Waals surface area contributed by atoms with Gasteiger partial charge in [0.1, 0.15) is 5.60 Å². The smallest absolute Gasteiger partial charge is 0.237 e. The lowest BCUT2D eigenvalue weighted by atomic mass is 10.0. The lowest BCUT2D eigenvalue weighted by molar-refractivity contribution is -0.122. The van der Waals surface area contributed by atoms with E-state index in [1.807, 2.05) is 0 Å². The second kappa shape index (κ2) is 6.60. The fourth-order valence-corrected chi connectivity index (χ4v) is 1.68. The van der Waals surface area contributed by atoms with Gasteiger partial charge in [-0.3, -0.25) is 4.79 Å². The zero-order chi connectivity index (χ0) is 12.7. The number of carbonyl (C=O) groups excluding carboxylic acids is 1. The van der Waals surface area contributed by atoms with Crippen LogP contribution in [0.25, 0.3) is 0 Å². The molecule has 17 heavy (non-hydrogen) atoms. The molecule has 1 aliphatic rings. The molecule has 1 aliphatic heterocycles. The van der Waals surface area contributed by atoms with Gasteiger partial charge in [0.2, 0.25) is 5.91 Å². The van der Waals surface area contributed by atoms with E-state index in [9.17, 15) is 4.79 Å². The number of rotatable bonds is 6. The second-order valence-corrected chi connectivity index (χ2v) is 4.21. The van der Waals surface area contributed by atoms with Crippen molar-refractivity contribution in [2.75, 3.05) is 33.4 Å². The fraction of sp³-hybridized carbons (Fsp3) is 0.750. The zero-order valence-electron chi connectivity index (χ0n) is 10.4. The summed E-state index contributed by atoms with van der Waals surface area (Å²) in [7, 11) is 1.67. The number of terminal acetylenes is 1. The molecule has 0 saturated carbocycles. The van der Waals surface area contributed by atoms with Crippen molar-refractivity contribution in [3.63, 3.8) is 0 Å². The van der Waals surface area contributed by atoms with Gasteiger partial charge >= 0.3 is 0 Å². The quantitative estimate of drug-likeness (QED) is 0.616. The van der Waals surface area contributed by atoms with Crippen LogP contribution in [-0.2, 0) is 14.3 Å². The lowest BCUT2D eigenvalue weighted by Crippen LogP contribution is -2.50. The zero-order valence-corrected chi connectivity index (χ0v) is 10.4. The monoisotopic (exact) mass is 240 g/mol. The first-order valence-electron chi connectivity index (χ1n) is 5.71. The summed E-state index contributed by atoms with van der Waals surface area (Å²) in [5.41, 5.74) is -0.305. The highest BCUT2D eigenvalue weighted by molar-refractivity contribution is 5.81. The molecule has 0 aromatic heterocycles. The van der Waals surface area contributed by atoms with Gasteiger partial charge in [-0.2, -0.15) is 0 Å². The molecule has 1 rings (SSSR count). The molecular weight excluding hydrogens is 220 g/mol. The summed E-state index contributed by atoms with van der Waals surface area (Å²) < 4.78 is 10.8. The van der Waals surface area contributed by atoms with Crippen molar-refractivity contribution in [1.82, 2.24) is 10.6 Å². The van der Waals surface area contributed by atoms with Gasteiger partial charge in [0.05, 0.1) is 19.2 Å². The number of carbonyl (C=O) groups is 1. The summed E-state index contributed by atoms with van der Waals surface area (Å²) in [4.78, 5) is 11.6. The molecule has 5 heteroatoms. The minimum atomic E-state index is -0.305. The minimum absolute atomic E-state index is 0.104. The topological polar surface area (TPSA) is 59.6 Å². The first kappa shape index (κ1) is 14.0. The molecule has 2 unspecified atom stereocenters. The molecule has 96 valence electrons. The van der Waals surface area contributed by atoms with E-state index in [4.69, 9.17) is 15.9 Å². The van der Waals surface area contributed by atoms with Gasteiger partial charge < -0.3 is 20.1 Å². The Morgan fingerprint density at radius 2 is 2.47 bits per heavy atom. The van der Waals surface area contributed by atoms with Gasteiger partial charge in [-0.05, 0) is 6.92 Å². The van der Waals surface area contributed by atoms with Crippen LogP contribution in [0.5, 0.6) is 0 Å². The number of methoxy groups -OCH3 is 1. The summed E-state index contributed by atoms with van der Waals surface area (Å²) >= 11 is 0. The van der Waals surface area contributed by atoms with Gasteiger partial charge in [0.25, 0.3) is 0 Å². The third-order valence-corrected chi connectivity index (χ3v) is 2.99. The Morgan fingerprint density at radius 3 is 3.00 bits per heavy atom. The molecular formula is C12H20N2O3. The predicted molar refractivity (Wildman–Crippen MR) is 64.5 cm³/mol. The highest BCUT2D eigenvalue weighted by Gasteiger charge is 2.35. The summed E-state index contributed by atoms with van der Waals surface area (Å²) in [5, 5.41) is 5.77. The van der Waals surface area contributed by atoms with E-state index in [2.05, 4.69) is 16.6 Å². The van der Waals surface area contributed by atoms with E-state index in [1.165, 1.54) is 0 Å². The standard InChI is InChI=1S/C12H20N2O3/c1-4-6-13-11(15)10(2)14-8-12(16-3)5-7-17-9-12/h1,10,14H,5-9H2,2-3H3,(H,13,15). The van der Waals surface area contributed by atoms with Crippen molar-refractivity contribution < 1.29 is 14.3 Å². The van der Waals surface area contributed by atoms with Crippen LogP contribution in [0, 0.1) is 12.3 Å². The van der Waals surface area contributed by atoms with Gasteiger partial charge in [-0.1, -0.05) is 5.92 Å². The Bertz CT molecular complexity index is 293. The van der Waals surface area contributed by atoms with Crippen LogP contribution < -0.4 is 10.6 Å². The van der Waals surface area contributed by atoms with Crippen LogP contribution in [0.15, 0.2) is 0 Å². The van der Waals surface area contributed by atoms with Crippen LogP contribution >= 0.6 is 0 Å². The third-order valence-electron chi connectivity index (χ3n) is 2.99. The Hall–Kier alpha value is -1.09. The second-order valence-electron chi connectivity index (χ2n) is 4.21. The maximum Gasteiger partial charge on any atom is 0.237 e. The van der Waals surface area contributed by atoms with Crippen molar-refractivity contribution in [2.45, 2.75) is 25.0 Å². The molecule has 0 radical (unpaired) electrons. The largest absolute Gasteiger partial charge is 0.378 e. The predicted octanol–water partition coefficient (Wildman–Crippen LogP) is -0.481. The minimum Gasteiger partial charge on any atom is -0.378 e. The van der Waals surface area contributed by atoms with Crippen molar-refractivity contribution in [3.05, 3.63) is 0 Å². The lowest BCUT2D eigenvalue weighted by Gasteiger charge is -2.27. The molecule has 1 saturated heterocycles. The Balaban J connectivity index is 2.34. The molecule has 0 spiro atoms. The highest BCUT2D eigenvalue weighted by Crippen LogP contribution is 2.21. The number of hydrogen-bond acceptors (Lipinski definition) is 4. The van der Waals surface area contributed by atoms with E-state index in [0.717, 1.165) is 6.42 Å². The van der Waals surface area contributed by atoms with E-state index in [1.54, 1.807) is 14.0 Å². The molecule has 1 fully saturated rings.